The second kappa shape index (κ2) is 6.90. The number of aliphatic hydroxyl groups excluding tert-OH is 1. The lowest BCUT2D eigenvalue weighted by Crippen LogP contribution is -2.31. The molecule has 0 radical (unpaired) electrons. The van der Waals surface area contributed by atoms with Crippen LogP contribution < -0.4 is 4.74 Å². The first-order valence-corrected chi connectivity index (χ1v) is 7.67. The fourth-order valence-corrected chi connectivity index (χ4v) is 2.69. The number of hydrogen-bond donors (Lipinski definition) is 2. The number of carboxylic acids is 1. The van der Waals surface area contributed by atoms with Crippen molar-refractivity contribution in [2.24, 2.45) is 0 Å². The van der Waals surface area contributed by atoms with E-state index in [1.165, 1.54) is 47.4 Å². The van der Waals surface area contributed by atoms with E-state index in [1.54, 1.807) is 6.07 Å². The molecule has 3 rings (SSSR count). The summed E-state index contributed by atoms with van der Waals surface area (Å²) in [5.41, 5.74) is 0.0665. The van der Waals surface area contributed by atoms with E-state index >= 15 is 0 Å². The fraction of sp³-hybridized carbons (Fsp3) is 0.222. The van der Waals surface area contributed by atoms with Gasteiger partial charge in [0.05, 0.1) is 24.2 Å². The van der Waals surface area contributed by atoms with Crippen LogP contribution in [0.25, 0.3) is 0 Å². The summed E-state index contributed by atoms with van der Waals surface area (Å²) in [4.78, 5) is 24.6. The largest absolute Gasteiger partial charge is 0.486 e. The molecule has 1 fully saturated rings. The molecule has 7 heteroatoms. The number of aromatic carboxylic acids is 1. The smallest absolute Gasteiger partial charge is 0.335 e. The summed E-state index contributed by atoms with van der Waals surface area (Å²) in [5, 5.41) is 19.0. The van der Waals surface area contributed by atoms with Crippen LogP contribution in [0.4, 0.5) is 4.39 Å². The van der Waals surface area contributed by atoms with Crippen LogP contribution in [0.2, 0.25) is 0 Å². The Morgan fingerprint density at radius 2 is 1.76 bits per heavy atom. The lowest BCUT2D eigenvalue weighted by molar-refractivity contribution is 0.0693. The van der Waals surface area contributed by atoms with E-state index < -0.39 is 29.9 Å². The summed E-state index contributed by atoms with van der Waals surface area (Å²) in [6, 6.07) is 11.4. The monoisotopic (exact) mass is 345 g/mol. The third-order valence-electron chi connectivity index (χ3n) is 4.02. The van der Waals surface area contributed by atoms with E-state index in [0.717, 1.165) is 0 Å². The summed E-state index contributed by atoms with van der Waals surface area (Å²) >= 11 is 0. The predicted molar refractivity (Wildman–Crippen MR) is 86.1 cm³/mol. The topological polar surface area (TPSA) is 87.1 Å². The highest BCUT2D eigenvalue weighted by molar-refractivity contribution is 5.94. The molecule has 1 saturated heterocycles. The molecule has 6 nitrogen and oxygen atoms in total. The van der Waals surface area contributed by atoms with Crippen molar-refractivity contribution in [3.63, 3.8) is 0 Å². The normalized spacial score (nSPS) is 19.7. The van der Waals surface area contributed by atoms with Crippen molar-refractivity contribution in [1.82, 2.24) is 4.90 Å². The second-order valence-electron chi connectivity index (χ2n) is 5.74. The van der Waals surface area contributed by atoms with Gasteiger partial charge in [-0.1, -0.05) is 12.1 Å². The average molecular weight is 345 g/mol. The molecule has 1 amide bonds. The minimum absolute atomic E-state index is 0.0328. The Morgan fingerprint density at radius 1 is 1.08 bits per heavy atom. The molecule has 0 saturated carbocycles. The molecular weight excluding hydrogens is 329 g/mol. The Balaban J connectivity index is 1.68. The van der Waals surface area contributed by atoms with E-state index in [9.17, 15) is 19.1 Å². The third kappa shape index (κ3) is 3.61. The SMILES string of the molecule is O=C(O)c1ccc(O[C@@H]2CN(C(=O)c3ccccc3F)C[C@H]2O)cc1. The van der Waals surface area contributed by atoms with Crippen molar-refractivity contribution in [1.29, 1.82) is 0 Å². The minimum Gasteiger partial charge on any atom is -0.486 e. The number of benzene rings is 2. The first-order valence-electron chi connectivity index (χ1n) is 7.67. The first kappa shape index (κ1) is 16.9. The molecule has 2 atom stereocenters. The average Bonchev–Trinajstić information content (AvgIpc) is 2.96. The van der Waals surface area contributed by atoms with Crippen LogP contribution in [-0.4, -0.2) is 52.3 Å². The molecule has 2 aromatic carbocycles. The maximum atomic E-state index is 13.7. The molecule has 0 unspecified atom stereocenters. The van der Waals surface area contributed by atoms with Gasteiger partial charge >= 0.3 is 5.97 Å². The van der Waals surface area contributed by atoms with Crippen molar-refractivity contribution >= 4 is 11.9 Å². The van der Waals surface area contributed by atoms with Gasteiger partial charge in [-0.3, -0.25) is 4.79 Å². The Hall–Kier alpha value is -2.93. The van der Waals surface area contributed by atoms with Gasteiger partial charge in [0.1, 0.15) is 23.8 Å². The maximum absolute atomic E-state index is 13.7. The number of ether oxygens (including phenoxy) is 1. The van der Waals surface area contributed by atoms with Gasteiger partial charge in [0.25, 0.3) is 5.91 Å². The van der Waals surface area contributed by atoms with Crippen molar-refractivity contribution in [2.45, 2.75) is 12.2 Å². The van der Waals surface area contributed by atoms with Gasteiger partial charge in [0.2, 0.25) is 0 Å². The van der Waals surface area contributed by atoms with Crippen molar-refractivity contribution in [3.05, 3.63) is 65.5 Å². The number of β-amino-alcohol motifs (C(OH)–C–C–N with tert-alkyl or cyclic N) is 1. The van der Waals surface area contributed by atoms with Gasteiger partial charge in [0, 0.05) is 0 Å². The Morgan fingerprint density at radius 3 is 2.40 bits per heavy atom. The van der Waals surface area contributed by atoms with Gasteiger partial charge in [-0.15, -0.1) is 0 Å². The van der Waals surface area contributed by atoms with Gasteiger partial charge in [0.15, 0.2) is 0 Å². The molecule has 2 aromatic rings. The van der Waals surface area contributed by atoms with Crippen LogP contribution in [0.3, 0.4) is 0 Å². The maximum Gasteiger partial charge on any atom is 0.335 e. The molecule has 1 aliphatic heterocycles. The van der Waals surface area contributed by atoms with Crippen LogP contribution in [0.15, 0.2) is 48.5 Å². The van der Waals surface area contributed by atoms with Crippen LogP contribution in [0.5, 0.6) is 5.75 Å². The zero-order valence-corrected chi connectivity index (χ0v) is 13.1. The highest BCUT2D eigenvalue weighted by atomic mass is 19.1. The minimum atomic E-state index is -1.05. The number of amides is 1. The number of carboxylic acid groups (broad SMARTS) is 1. The highest BCUT2D eigenvalue weighted by Gasteiger charge is 2.36. The van der Waals surface area contributed by atoms with Crippen LogP contribution in [-0.2, 0) is 0 Å². The number of carbonyl (C=O) groups is 2. The quantitative estimate of drug-likeness (QED) is 0.882. The number of halogens is 1. The highest BCUT2D eigenvalue weighted by Crippen LogP contribution is 2.21. The molecule has 1 heterocycles. The Bertz CT molecular complexity index is 792. The molecular formula is C18H16FNO5. The van der Waals surface area contributed by atoms with Gasteiger partial charge in [-0.2, -0.15) is 0 Å². The first-order chi connectivity index (χ1) is 12.0. The molecule has 0 aliphatic carbocycles. The third-order valence-corrected chi connectivity index (χ3v) is 4.02. The van der Waals surface area contributed by atoms with Crippen molar-refractivity contribution in [2.75, 3.05) is 13.1 Å². The fourth-order valence-electron chi connectivity index (χ4n) is 2.69. The number of hydrogen-bond acceptors (Lipinski definition) is 4. The number of rotatable bonds is 4. The van der Waals surface area contributed by atoms with E-state index in [1.807, 2.05) is 0 Å². The van der Waals surface area contributed by atoms with Crippen molar-refractivity contribution in [3.8, 4) is 5.75 Å². The van der Waals surface area contributed by atoms with E-state index in [0.29, 0.717) is 5.75 Å². The van der Waals surface area contributed by atoms with Crippen LogP contribution in [0, 0.1) is 5.82 Å². The molecule has 2 N–H and O–H groups in total. The zero-order valence-electron chi connectivity index (χ0n) is 13.1. The Labute approximate surface area is 143 Å². The number of carbonyl (C=O) groups excluding carboxylic acids is 1. The zero-order chi connectivity index (χ0) is 18.0. The standard InChI is InChI=1S/C18H16FNO5/c19-14-4-2-1-3-13(14)17(22)20-9-15(21)16(10-20)25-12-7-5-11(6-8-12)18(23)24/h1-8,15-16,21H,9-10H2,(H,23,24)/t15-,16-/m1/s1. The Kier molecular flexibility index (Phi) is 4.67. The number of nitrogens with zero attached hydrogens (tertiary/aromatic N) is 1. The number of aliphatic hydroxyl groups is 1. The lowest BCUT2D eigenvalue weighted by Gasteiger charge is -2.17. The molecule has 0 spiro atoms. The van der Waals surface area contributed by atoms with Gasteiger partial charge in [-0.05, 0) is 36.4 Å². The van der Waals surface area contributed by atoms with Crippen LogP contribution in [0.1, 0.15) is 20.7 Å². The summed E-state index contributed by atoms with van der Waals surface area (Å²) in [6.07, 6.45) is -1.60. The summed E-state index contributed by atoms with van der Waals surface area (Å²) < 4.78 is 19.4. The molecule has 130 valence electrons. The van der Waals surface area contributed by atoms with Gasteiger partial charge < -0.3 is 19.8 Å². The molecule has 25 heavy (non-hydrogen) atoms. The van der Waals surface area contributed by atoms with E-state index in [4.69, 9.17) is 9.84 Å². The second-order valence-corrected chi connectivity index (χ2v) is 5.74. The van der Waals surface area contributed by atoms with Crippen molar-refractivity contribution < 1.29 is 28.9 Å². The van der Waals surface area contributed by atoms with Crippen LogP contribution >= 0.6 is 0 Å². The molecule has 0 aromatic heterocycles. The summed E-state index contributed by atoms with van der Waals surface area (Å²) in [6.45, 7) is 0.139. The number of likely N-dealkylation sites (tertiary alicyclic amines) is 1. The molecule has 0 bridgehead atoms. The molecule has 1 aliphatic rings. The van der Waals surface area contributed by atoms with E-state index in [-0.39, 0.29) is 24.2 Å². The van der Waals surface area contributed by atoms with E-state index in [2.05, 4.69) is 0 Å². The van der Waals surface area contributed by atoms with Gasteiger partial charge in [-0.25, -0.2) is 9.18 Å². The summed E-state index contributed by atoms with van der Waals surface area (Å²) in [5.74, 6) is -1.79. The summed E-state index contributed by atoms with van der Waals surface area (Å²) in [7, 11) is 0. The predicted octanol–water partition coefficient (Wildman–Crippen LogP) is 1.79. The lowest BCUT2D eigenvalue weighted by atomic mass is 10.2.